The van der Waals surface area contributed by atoms with Crippen molar-refractivity contribution in [2.45, 2.75) is 209 Å². The second-order valence-corrected chi connectivity index (χ2v) is 41.6. The number of aromatic nitrogens is 2. The monoisotopic (exact) mass is 1530 g/mol. The van der Waals surface area contributed by atoms with Gasteiger partial charge in [-0.05, 0) is 229 Å². The topological polar surface area (TPSA) is 40.1 Å². The van der Waals surface area contributed by atoms with Crippen LogP contribution in [0.4, 0.5) is 34.1 Å². The van der Waals surface area contributed by atoms with Crippen LogP contribution in [0.1, 0.15) is 222 Å². The highest BCUT2D eigenvalue weighted by molar-refractivity contribution is 7.00. The van der Waals surface area contributed by atoms with Crippen molar-refractivity contribution >= 4 is 101 Å². The van der Waals surface area contributed by atoms with Gasteiger partial charge in [0.25, 0.3) is 6.71 Å². The summed E-state index contributed by atoms with van der Waals surface area (Å²) in [5.41, 5.74) is 27.3. The number of benzene rings is 13. The smallest absolute Gasteiger partial charge is 0.252 e. The fraction of sp³-hybridized carbons (Fsp3) is 0.288. The van der Waals surface area contributed by atoms with E-state index in [2.05, 4.69) is 401 Å². The van der Waals surface area contributed by atoms with Crippen LogP contribution in [0.5, 0.6) is 0 Å². The Morgan fingerprint density at radius 2 is 0.675 bits per heavy atom. The summed E-state index contributed by atoms with van der Waals surface area (Å²) >= 11 is 0. The SMILES string of the molecule is [2H]c1c([2H])c(C(C)(C)C)c([2H])c([2H])c1-c1cc(C(C)(C)C)cc(-c2ccccc2)c1N1c2cc(-n3c4ccc(C(C)(C)C)cc4c4cc(C(C)(C)C)ccc43)ccc2B2c3ccc(-c4cc(C(C)(C)C)cc(C(C)(C)C)c4)cc3N(c3cccc(-n4c5ccccc5c5ccccc54)c3C#N)c3cc(-c4cc(C(C)(C)C)cc(C(C)(C)C)c4)cc1c32. The van der Waals surface area contributed by atoms with Gasteiger partial charge in [-0.2, -0.15) is 5.26 Å². The Balaban J connectivity index is 1.10. The summed E-state index contributed by atoms with van der Waals surface area (Å²) in [5, 5.41) is 17.3. The molecule has 0 unspecified atom stereocenters. The minimum Gasteiger partial charge on any atom is -0.310 e. The first-order valence-electron chi connectivity index (χ1n) is 44.1. The molecule has 2 aliphatic rings. The Morgan fingerprint density at radius 3 is 1.16 bits per heavy atom. The lowest BCUT2D eigenvalue weighted by Crippen LogP contribution is -2.61. The van der Waals surface area contributed by atoms with Gasteiger partial charge in [0.05, 0.1) is 44.6 Å². The number of fused-ring (bicyclic) bond motifs is 10. The average Bonchev–Trinajstić information content (AvgIpc) is 1.05. The van der Waals surface area contributed by atoms with E-state index >= 15 is 0 Å². The van der Waals surface area contributed by atoms with Crippen LogP contribution >= 0.6 is 0 Å². The van der Waals surface area contributed by atoms with Crippen molar-refractivity contribution in [3.05, 3.63) is 305 Å². The van der Waals surface area contributed by atoms with Crippen molar-refractivity contribution in [3.63, 3.8) is 0 Å². The molecular weight excluding hydrogens is 1410 g/mol. The first kappa shape index (κ1) is 73.3. The molecule has 0 atom stereocenters. The Hall–Kier alpha value is -11.4. The van der Waals surface area contributed by atoms with E-state index in [1.165, 1.54) is 44.2 Å². The third-order valence-corrected chi connectivity index (χ3v) is 24.9. The van der Waals surface area contributed by atoms with Gasteiger partial charge in [0, 0.05) is 61.1 Å². The molecule has 586 valence electrons. The zero-order chi connectivity index (χ0) is 86.6. The second kappa shape index (κ2) is 27.4. The highest BCUT2D eigenvalue weighted by Crippen LogP contribution is 2.55. The lowest BCUT2D eigenvalue weighted by atomic mass is 9.33. The molecule has 0 radical (unpaired) electrons. The lowest BCUT2D eigenvalue weighted by molar-refractivity contribution is 0.568. The molecule has 0 amide bonds. The van der Waals surface area contributed by atoms with Gasteiger partial charge in [-0.3, -0.25) is 0 Å². The normalized spacial score (nSPS) is 14.1. The average molecular weight is 1530 g/mol. The second-order valence-electron chi connectivity index (χ2n) is 41.6. The number of rotatable bonds is 8. The molecule has 0 spiro atoms. The van der Waals surface area contributed by atoms with Gasteiger partial charge < -0.3 is 18.9 Å². The quantitative estimate of drug-likeness (QED) is 0.142. The van der Waals surface area contributed by atoms with Crippen LogP contribution in [0.15, 0.2) is 255 Å². The van der Waals surface area contributed by atoms with Gasteiger partial charge >= 0.3 is 0 Å². The molecule has 13 aromatic carbocycles. The molecule has 0 fully saturated rings. The van der Waals surface area contributed by atoms with Crippen LogP contribution < -0.4 is 26.2 Å². The molecule has 2 aromatic heterocycles. The van der Waals surface area contributed by atoms with Crippen molar-refractivity contribution in [1.29, 1.82) is 5.26 Å². The van der Waals surface area contributed by atoms with Crippen LogP contribution in [-0.4, -0.2) is 15.8 Å². The molecule has 2 aliphatic heterocycles. The molecule has 0 saturated heterocycles. The molecule has 0 bridgehead atoms. The highest BCUT2D eigenvalue weighted by atomic mass is 15.2. The van der Waals surface area contributed by atoms with Gasteiger partial charge in [-0.25, -0.2) is 0 Å². The first-order chi connectivity index (χ1) is 56.7. The Labute approximate surface area is 702 Å². The summed E-state index contributed by atoms with van der Waals surface area (Å²) in [6.07, 6.45) is 0. The van der Waals surface area contributed by atoms with Gasteiger partial charge in [-0.15, -0.1) is 0 Å². The Morgan fingerprint density at radius 1 is 0.274 bits per heavy atom. The largest absolute Gasteiger partial charge is 0.310 e. The lowest BCUT2D eigenvalue weighted by Gasteiger charge is -2.46. The van der Waals surface area contributed by atoms with Gasteiger partial charge in [-0.1, -0.05) is 330 Å². The zero-order valence-electron chi connectivity index (χ0n) is 77.3. The third-order valence-electron chi connectivity index (χ3n) is 24.9. The van der Waals surface area contributed by atoms with Crippen LogP contribution in [0.3, 0.4) is 0 Å². The first-order valence-corrected chi connectivity index (χ1v) is 42.1. The van der Waals surface area contributed by atoms with E-state index in [4.69, 9.17) is 0 Å². The van der Waals surface area contributed by atoms with Gasteiger partial charge in [0.2, 0.25) is 0 Å². The Bertz CT molecular complexity index is 6650. The number of hydrogen-bond donors (Lipinski definition) is 0. The van der Waals surface area contributed by atoms with Crippen LogP contribution in [-0.2, 0) is 43.3 Å². The van der Waals surface area contributed by atoms with E-state index in [0.717, 1.165) is 122 Å². The number of nitrogens with zero attached hydrogens (tertiary/aromatic N) is 5. The number of hydrogen-bond acceptors (Lipinski definition) is 3. The number of para-hydroxylation sites is 2. The van der Waals surface area contributed by atoms with E-state index < -0.39 is 17.5 Å². The maximum Gasteiger partial charge on any atom is 0.252 e. The standard InChI is InChI=1S/C111H114BN5/c1-104(2,3)74-44-41-69(42-45-74)86-65-81(111(22,23)24)64-85(68-33-26-25-27-34-68)103(86)117-99-66-82(114-96-51-46-75(105(4,5)6)62-87(96)88-63-76(106(7,8)9)47-52-97(88)114)48-50-91(99)112-90-49-43-70(71-53-77(107(10,11)12)60-78(54-71)108(13,14)15)57-98(90)116(100-58-73(59-101(117)102(100)112)72-55-79(109(16,17)18)61-80(56-72)110(19,20)21)95-40-32-39-94(89(95)67-113)115-92-37-30-28-35-83(92)84-36-29-31-38-93(84)115/h25-66H,1-24H3/i41D,42D,44D,45D. The molecule has 15 aromatic rings. The molecule has 4 heterocycles. The van der Waals surface area contributed by atoms with E-state index in [1.54, 1.807) is 0 Å². The van der Waals surface area contributed by atoms with E-state index in [9.17, 15) is 10.7 Å². The molecule has 0 aliphatic carbocycles. The molecule has 117 heavy (non-hydrogen) atoms. The summed E-state index contributed by atoms with van der Waals surface area (Å²) in [6.45, 7) is 53.5. The van der Waals surface area contributed by atoms with Crippen molar-refractivity contribution in [3.8, 4) is 62.0 Å². The molecule has 17 rings (SSSR count). The van der Waals surface area contributed by atoms with Gasteiger partial charge in [0.1, 0.15) is 11.6 Å². The van der Waals surface area contributed by atoms with Crippen LogP contribution in [0, 0.1) is 11.3 Å². The summed E-state index contributed by atoms with van der Waals surface area (Å²) < 4.78 is 46.6. The van der Waals surface area contributed by atoms with E-state index in [0.29, 0.717) is 28.1 Å². The fourth-order valence-corrected chi connectivity index (χ4v) is 17.9. The maximum absolute atomic E-state index is 12.7. The summed E-state index contributed by atoms with van der Waals surface area (Å²) in [4.78, 5) is 4.92. The fourth-order valence-electron chi connectivity index (χ4n) is 17.9. The third kappa shape index (κ3) is 13.6. The molecular formula is C111H114BN5. The molecule has 0 N–H and O–H groups in total. The van der Waals surface area contributed by atoms with E-state index in [1.807, 2.05) is 20.8 Å². The maximum atomic E-state index is 12.7. The van der Waals surface area contributed by atoms with Crippen LogP contribution in [0.25, 0.3) is 99.5 Å². The predicted molar refractivity (Wildman–Crippen MR) is 505 cm³/mol. The van der Waals surface area contributed by atoms with E-state index in [-0.39, 0.29) is 62.2 Å². The Kier molecular flexibility index (Phi) is 17.1. The minimum absolute atomic E-state index is 0.0653. The predicted octanol–water partition coefficient (Wildman–Crippen LogP) is 28.9. The molecule has 0 saturated carbocycles. The zero-order valence-corrected chi connectivity index (χ0v) is 73.3. The van der Waals surface area contributed by atoms with Crippen molar-refractivity contribution in [2.24, 2.45) is 0 Å². The summed E-state index contributed by atoms with van der Waals surface area (Å²) in [6, 6.07) is 88.8. The number of nitriles is 1. The summed E-state index contributed by atoms with van der Waals surface area (Å²) in [7, 11) is 0. The summed E-state index contributed by atoms with van der Waals surface area (Å²) in [5.74, 6) is 0. The van der Waals surface area contributed by atoms with Crippen molar-refractivity contribution < 1.29 is 5.48 Å². The molecule has 6 heteroatoms. The van der Waals surface area contributed by atoms with Crippen LogP contribution in [0.2, 0.25) is 0 Å². The van der Waals surface area contributed by atoms with Crippen molar-refractivity contribution in [2.75, 3.05) is 9.80 Å². The highest BCUT2D eigenvalue weighted by Gasteiger charge is 2.46. The minimum atomic E-state index is -0.740. The van der Waals surface area contributed by atoms with Crippen molar-refractivity contribution in [1.82, 2.24) is 9.13 Å². The van der Waals surface area contributed by atoms with Gasteiger partial charge in [0.15, 0.2) is 0 Å². The number of anilines is 6. The molecule has 5 nitrogen and oxygen atoms in total.